The lowest BCUT2D eigenvalue weighted by molar-refractivity contribution is 0.600. The van der Waals surface area contributed by atoms with Crippen molar-refractivity contribution in [3.63, 3.8) is 0 Å². The molecule has 0 radical (unpaired) electrons. The van der Waals surface area contributed by atoms with Crippen LogP contribution in [-0.4, -0.2) is 16.7 Å². The van der Waals surface area contributed by atoms with Crippen LogP contribution in [0.5, 0.6) is 0 Å². The van der Waals surface area contributed by atoms with Gasteiger partial charge in [0.2, 0.25) is 0 Å². The Morgan fingerprint density at radius 2 is 1.72 bits per heavy atom. The van der Waals surface area contributed by atoms with Gasteiger partial charge in [-0.25, -0.2) is 8.78 Å². The number of rotatable bonds is 2. The molecule has 3 nitrogen and oxygen atoms in total. The molecule has 0 amide bonds. The highest BCUT2D eigenvalue weighted by molar-refractivity contribution is 5.83. The van der Waals surface area contributed by atoms with Gasteiger partial charge in [-0.3, -0.25) is 0 Å². The highest BCUT2D eigenvalue weighted by Gasteiger charge is 2.20. The minimum absolute atomic E-state index is 0.291. The average molecular weight is 335 g/mol. The Hall–Kier alpha value is -2.92. The summed E-state index contributed by atoms with van der Waals surface area (Å²) in [6.45, 7) is 1.03. The molecule has 2 heterocycles. The molecule has 124 valence electrons. The number of nitrogens with one attached hydrogen (secondary N) is 1. The fourth-order valence-corrected chi connectivity index (χ4v) is 3.07. The maximum atomic E-state index is 15.2. The van der Waals surface area contributed by atoms with Crippen LogP contribution in [-0.2, 0) is 6.54 Å². The maximum absolute atomic E-state index is 15.2. The molecular formula is C20H15F2N3. The monoisotopic (exact) mass is 335 g/mol. The zero-order valence-electron chi connectivity index (χ0n) is 13.3. The van der Waals surface area contributed by atoms with E-state index in [2.05, 4.69) is 15.5 Å². The summed E-state index contributed by atoms with van der Waals surface area (Å²) in [6.07, 6.45) is 3.56. The number of hydrogen-bond donors (Lipinski definition) is 1. The van der Waals surface area contributed by atoms with E-state index in [0.717, 1.165) is 16.7 Å². The second-order valence-corrected chi connectivity index (χ2v) is 5.82. The highest BCUT2D eigenvalue weighted by Crippen LogP contribution is 2.33. The SMILES string of the molecule is Fc1ccc(C2=CCNCc3c2ccc(-c2cccnn2)c3F)cc1. The molecule has 0 fully saturated rings. The fourth-order valence-electron chi connectivity index (χ4n) is 3.07. The second kappa shape index (κ2) is 6.53. The van der Waals surface area contributed by atoms with E-state index < -0.39 is 0 Å². The van der Waals surface area contributed by atoms with E-state index in [1.165, 1.54) is 12.1 Å². The zero-order chi connectivity index (χ0) is 17.2. The molecule has 0 saturated carbocycles. The molecule has 0 spiro atoms. The lowest BCUT2D eigenvalue weighted by Gasteiger charge is -2.14. The average Bonchev–Trinajstić information content (AvgIpc) is 2.87. The van der Waals surface area contributed by atoms with Crippen LogP contribution in [0.3, 0.4) is 0 Å². The molecule has 4 rings (SSSR count). The van der Waals surface area contributed by atoms with Crippen molar-refractivity contribution in [2.45, 2.75) is 6.54 Å². The van der Waals surface area contributed by atoms with Gasteiger partial charge in [0.25, 0.3) is 0 Å². The second-order valence-electron chi connectivity index (χ2n) is 5.82. The first kappa shape index (κ1) is 15.6. The Kier molecular flexibility index (Phi) is 4.07. The van der Waals surface area contributed by atoms with Crippen LogP contribution in [0.1, 0.15) is 16.7 Å². The van der Waals surface area contributed by atoms with Crippen LogP contribution in [0, 0.1) is 11.6 Å². The van der Waals surface area contributed by atoms with E-state index >= 15 is 4.39 Å². The third-order valence-electron chi connectivity index (χ3n) is 4.29. The Bertz CT molecular complexity index is 935. The van der Waals surface area contributed by atoms with Crippen molar-refractivity contribution >= 4 is 5.57 Å². The van der Waals surface area contributed by atoms with E-state index in [0.29, 0.717) is 29.9 Å². The maximum Gasteiger partial charge on any atom is 0.137 e. The Labute approximate surface area is 144 Å². The first-order valence-corrected chi connectivity index (χ1v) is 8.00. The first-order chi connectivity index (χ1) is 12.2. The molecule has 25 heavy (non-hydrogen) atoms. The van der Waals surface area contributed by atoms with Gasteiger partial charge in [0.15, 0.2) is 0 Å². The largest absolute Gasteiger partial charge is 0.309 e. The van der Waals surface area contributed by atoms with E-state index in [9.17, 15) is 4.39 Å². The molecule has 2 aromatic carbocycles. The summed E-state index contributed by atoms with van der Waals surface area (Å²) in [7, 11) is 0. The number of nitrogens with zero attached hydrogens (tertiary/aromatic N) is 2. The molecule has 1 aliphatic rings. The minimum Gasteiger partial charge on any atom is -0.309 e. The van der Waals surface area contributed by atoms with Gasteiger partial charge in [0, 0.05) is 30.4 Å². The molecule has 3 aromatic rings. The summed E-state index contributed by atoms with van der Waals surface area (Å²) in [5.41, 5.74) is 4.06. The lowest BCUT2D eigenvalue weighted by Crippen LogP contribution is -2.13. The molecular weight excluding hydrogens is 320 g/mol. The summed E-state index contributed by atoms with van der Waals surface area (Å²) < 4.78 is 28.4. The third-order valence-corrected chi connectivity index (χ3v) is 4.29. The van der Waals surface area contributed by atoms with Crippen LogP contribution >= 0.6 is 0 Å². The van der Waals surface area contributed by atoms with Crippen LogP contribution in [0.15, 0.2) is 60.8 Å². The van der Waals surface area contributed by atoms with Gasteiger partial charge in [0.1, 0.15) is 11.6 Å². The zero-order valence-corrected chi connectivity index (χ0v) is 13.3. The molecule has 1 aromatic heterocycles. The molecule has 5 heteroatoms. The summed E-state index contributed by atoms with van der Waals surface area (Å²) >= 11 is 0. The topological polar surface area (TPSA) is 37.8 Å². The minimum atomic E-state index is -0.305. The van der Waals surface area contributed by atoms with Gasteiger partial charge in [-0.2, -0.15) is 10.2 Å². The smallest absolute Gasteiger partial charge is 0.137 e. The van der Waals surface area contributed by atoms with Gasteiger partial charge in [0.05, 0.1) is 5.69 Å². The molecule has 1 aliphatic heterocycles. The molecule has 1 N–H and O–H groups in total. The Morgan fingerprint density at radius 1 is 0.920 bits per heavy atom. The van der Waals surface area contributed by atoms with Crippen molar-refractivity contribution in [1.82, 2.24) is 15.5 Å². The molecule has 0 saturated heterocycles. The van der Waals surface area contributed by atoms with Crippen LogP contribution in [0.4, 0.5) is 8.78 Å². The third kappa shape index (κ3) is 2.94. The van der Waals surface area contributed by atoms with Gasteiger partial charge < -0.3 is 5.32 Å². The van der Waals surface area contributed by atoms with E-state index in [1.54, 1.807) is 36.5 Å². The number of benzene rings is 2. The standard InChI is InChI=1S/C20H15F2N3/c21-14-5-3-13(4-6-14)15-9-11-23-12-18-16(15)7-8-17(20(18)22)19-2-1-10-24-25-19/h1-10,23H,11-12H2. The molecule has 0 bridgehead atoms. The van der Waals surface area contributed by atoms with Crippen molar-refractivity contribution in [1.29, 1.82) is 0 Å². The van der Waals surface area contributed by atoms with E-state index in [-0.39, 0.29) is 11.6 Å². The first-order valence-electron chi connectivity index (χ1n) is 8.00. The highest BCUT2D eigenvalue weighted by atomic mass is 19.1. The van der Waals surface area contributed by atoms with Gasteiger partial charge in [-0.15, -0.1) is 0 Å². The van der Waals surface area contributed by atoms with Crippen molar-refractivity contribution in [3.05, 3.63) is 89.1 Å². The predicted molar refractivity (Wildman–Crippen MR) is 92.6 cm³/mol. The van der Waals surface area contributed by atoms with Crippen LogP contribution in [0.2, 0.25) is 0 Å². The molecule has 0 unspecified atom stereocenters. The van der Waals surface area contributed by atoms with E-state index in [4.69, 9.17) is 0 Å². The van der Waals surface area contributed by atoms with Crippen LogP contribution < -0.4 is 5.32 Å². The van der Waals surface area contributed by atoms with Gasteiger partial charge >= 0.3 is 0 Å². The Morgan fingerprint density at radius 3 is 2.48 bits per heavy atom. The fraction of sp³-hybridized carbons (Fsp3) is 0.100. The summed E-state index contributed by atoms with van der Waals surface area (Å²) in [5, 5.41) is 11.0. The van der Waals surface area contributed by atoms with Gasteiger partial charge in [-0.05, 0) is 47.0 Å². The normalized spacial score (nSPS) is 13.8. The van der Waals surface area contributed by atoms with Crippen molar-refractivity contribution in [3.8, 4) is 11.3 Å². The van der Waals surface area contributed by atoms with Crippen molar-refractivity contribution < 1.29 is 8.78 Å². The van der Waals surface area contributed by atoms with Crippen molar-refractivity contribution in [2.24, 2.45) is 0 Å². The quantitative estimate of drug-likeness (QED) is 0.770. The number of fused-ring (bicyclic) bond motifs is 1. The summed E-state index contributed by atoms with van der Waals surface area (Å²) in [4.78, 5) is 0. The Balaban J connectivity index is 1.85. The lowest BCUT2D eigenvalue weighted by atomic mass is 9.92. The molecule has 0 atom stereocenters. The summed E-state index contributed by atoms with van der Waals surface area (Å²) in [5.74, 6) is -0.596. The van der Waals surface area contributed by atoms with Gasteiger partial charge in [-0.1, -0.05) is 24.3 Å². The van der Waals surface area contributed by atoms with E-state index in [1.807, 2.05) is 12.1 Å². The molecule has 0 aliphatic carbocycles. The number of aromatic nitrogens is 2. The van der Waals surface area contributed by atoms with Crippen molar-refractivity contribution in [2.75, 3.05) is 6.54 Å². The summed E-state index contributed by atoms with van der Waals surface area (Å²) in [6, 6.07) is 13.3. The van der Waals surface area contributed by atoms with Crippen LogP contribution in [0.25, 0.3) is 16.8 Å². The number of hydrogen-bond acceptors (Lipinski definition) is 3. The number of halogens is 2. The predicted octanol–water partition coefficient (Wildman–Crippen LogP) is 3.96.